The zero-order valence-corrected chi connectivity index (χ0v) is 16.7. The third-order valence-electron chi connectivity index (χ3n) is 4.57. The number of anilines is 1. The van der Waals surface area contributed by atoms with Crippen LogP contribution in [0.15, 0.2) is 24.3 Å². The number of nitrogens with one attached hydrogen (secondary N) is 2. The Kier molecular flexibility index (Phi) is 5.70. The molecule has 0 radical (unpaired) electrons. The van der Waals surface area contributed by atoms with Crippen LogP contribution in [0.1, 0.15) is 46.6 Å². The molecule has 1 aliphatic carbocycles. The number of benzene rings is 1. The van der Waals surface area contributed by atoms with Gasteiger partial charge < -0.3 is 20.1 Å². The highest BCUT2D eigenvalue weighted by molar-refractivity contribution is 7.18. The van der Waals surface area contributed by atoms with E-state index in [1.165, 1.54) is 11.3 Å². The highest BCUT2D eigenvalue weighted by atomic mass is 32.1. The molecule has 3 rings (SSSR count). The summed E-state index contributed by atoms with van der Waals surface area (Å²) in [5.74, 6) is 1.37. The Labute approximate surface area is 162 Å². The summed E-state index contributed by atoms with van der Waals surface area (Å²) in [6.07, 6.45) is 1.90. The molecule has 2 aromatic rings. The number of hydrogen-bond acceptors (Lipinski definition) is 5. The molecule has 0 spiro atoms. The summed E-state index contributed by atoms with van der Waals surface area (Å²) in [6.45, 7) is 3.77. The summed E-state index contributed by atoms with van der Waals surface area (Å²) in [7, 11) is 3.19. The van der Waals surface area contributed by atoms with Crippen molar-refractivity contribution in [1.82, 2.24) is 5.32 Å². The monoisotopic (exact) mass is 388 g/mol. The van der Waals surface area contributed by atoms with Gasteiger partial charge in [0, 0.05) is 11.5 Å². The Morgan fingerprint density at radius 2 is 1.93 bits per heavy atom. The summed E-state index contributed by atoms with van der Waals surface area (Å²) in [6, 6.07) is 7.06. The lowest BCUT2D eigenvalue weighted by molar-refractivity contribution is -0.117. The van der Waals surface area contributed by atoms with Gasteiger partial charge >= 0.3 is 0 Å². The topological polar surface area (TPSA) is 76.7 Å². The number of thiophene rings is 1. The molecule has 1 aromatic heterocycles. The molecule has 0 bridgehead atoms. The van der Waals surface area contributed by atoms with Crippen LogP contribution in [-0.4, -0.2) is 26.0 Å². The Morgan fingerprint density at radius 3 is 2.56 bits per heavy atom. The van der Waals surface area contributed by atoms with Crippen molar-refractivity contribution in [2.45, 2.75) is 32.7 Å². The van der Waals surface area contributed by atoms with E-state index in [1.807, 2.05) is 38.1 Å². The first-order chi connectivity index (χ1) is 12.9. The average molecular weight is 388 g/mol. The van der Waals surface area contributed by atoms with Gasteiger partial charge in [-0.2, -0.15) is 0 Å². The second kappa shape index (κ2) is 8.00. The van der Waals surface area contributed by atoms with E-state index in [-0.39, 0.29) is 23.8 Å². The van der Waals surface area contributed by atoms with Gasteiger partial charge in [0.2, 0.25) is 5.91 Å². The van der Waals surface area contributed by atoms with Gasteiger partial charge in [0.05, 0.1) is 30.1 Å². The summed E-state index contributed by atoms with van der Waals surface area (Å²) >= 11 is 1.30. The third-order valence-corrected chi connectivity index (χ3v) is 5.72. The van der Waals surface area contributed by atoms with Crippen molar-refractivity contribution >= 4 is 28.2 Å². The van der Waals surface area contributed by atoms with E-state index in [0.29, 0.717) is 21.4 Å². The molecular weight excluding hydrogens is 364 g/mol. The molecule has 7 heteroatoms. The molecule has 1 aromatic carbocycles. The standard InChI is InChI=1S/C20H24N2O4S/c1-11-9-17(22-19(23)13-5-6-13)27-18(11)20(24)21-12(2)15-10-14(25-3)7-8-16(15)26-4/h7-10,12-13H,5-6H2,1-4H3,(H,21,24)(H,22,23). The van der Waals surface area contributed by atoms with Crippen LogP contribution in [0.3, 0.4) is 0 Å². The number of carbonyl (C=O) groups excluding carboxylic acids is 2. The molecule has 27 heavy (non-hydrogen) atoms. The van der Waals surface area contributed by atoms with E-state index < -0.39 is 0 Å². The smallest absolute Gasteiger partial charge is 0.262 e. The minimum Gasteiger partial charge on any atom is -0.497 e. The van der Waals surface area contributed by atoms with Gasteiger partial charge in [-0.25, -0.2) is 0 Å². The first-order valence-corrected chi connectivity index (χ1v) is 9.68. The Bertz CT molecular complexity index is 858. The molecule has 1 fully saturated rings. The number of rotatable bonds is 7. The van der Waals surface area contributed by atoms with Crippen molar-refractivity contribution < 1.29 is 19.1 Å². The average Bonchev–Trinajstić information content (AvgIpc) is 3.44. The SMILES string of the molecule is COc1ccc(OC)c(C(C)NC(=O)c2sc(NC(=O)C3CC3)cc2C)c1. The van der Waals surface area contributed by atoms with E-state index in [0.717, 1.165) is 24.0 Å². The van der Waals surface area contributed by atoms with Crippen LogP contribution in [0.25, 0.3) is 0 Å². The van der Waals surface area contributed by atoms with Crippen LogP contribution in [0.2, 0.25) is 0 Å². The molecule has 2 N–H and O–H groups in total. The first-order valence-electron chi connectivity index (χ1n) is 8.87. The molecule has 2 amide bonds. The van der Waals surface area contributed by atoms with Crippen LogP contribution >= 0.6 is 11.3 Å². The molecule has 1 atom stereocenters. The van der Waals surface area contributed by atoms with Crippen LogP contribution < -0.4 is 20.1 Å². The van der Waals surface area contributed by atoms with E-state index in [9.17, 15) is 9.59 Å². The van der Waals surface area contributed by atoms with Crippen LogP contribution in [0.5, 0.6) is 11.5 Å². The number of methoxy groups -OCH3 is 2. The lowest BCUT2D eigenvalue weighted by atomic mass is 10.1. The van der Waals surface area contributed by atoms with Gasteiger partial charge in [-0.3, -0.25) is 9.59 Å². The van der Waals surface area contributed by atoms with E-state index in [4.69, 9.17) is 9.47 Å². The summed E-state index contributed by atoms with van der Waals surface area (Å²) in [4.78, 5) is 25.3. The van der Waals surface area contributed by atoms with E-state index in [2.05, 4.69) is 10.6 Å². The van der Waals surface area contributed by atoms with Crippen LogP contribution in [0.4, 0.5) is 5.00 Å². The Balaban J connectivity index is 1.73. The highest BCUT2D eigenvalue weighted by Gasteiger charge is 2.30. The number of amides is 2. The minimum atomic E-state index is -0.270. The maximum absolute atomic E-state index is 12.8. The third kappa shape index (κ3) is 4.42. The van der Waals surface area contributed by atoms with Gasteiger partial charge in [0.25, 0.3) is 5.91 Å². The molecule has 6 nitrogen and oxygen atoms in total. The minimum absolute atomic E-state index is 0.0395. The number of aryl methyl sites for hydroxylation is 1. The molecule has 144 valence electrons. The number of ether oxygens (including phenoxy) is 2. The number of carbonyl (C=O) groups is 2. The molecular formula is C20H24N2O4S. The molecule has 1 saturated carbocycles. The second-order valence-electron chi connectivity index (χ2n) is 6.69. The maximum Gasteiger partial charge on any atom is 0.262 e. The van der Waals surface area contributed by atoms with Crippen molar-refractivity contribution in [2.24, 2.45) is 5.92 Å². The zero-order valence-electron chi connectivity index (χ0n) is 15.9. The predicted molar refractivity (Wildman–Crippen MR) is 106 cm³/mol. The fraction of sp³-hybridized carbons (Fsp3) is 0.400. The summed E-state index contributed by atoms with van der Waals surface area (Å²) in [5.41, 5.74) is 1.68. The van der Waals surface area contributed by atoms with Crippen molar-refractivity contribution in [3.05, 3.63) is 40.3 Å². The largest absolute Gasteiger partial charge is 0.497 e. The summed E-state index contributed by atoms with van der Waals surface area (Å²) in [5, 5.41) is 6.62. The van der Waals surface area contributed by atoms with Crippen LogP contribution in [0, 0.1) is 12.8 Å². The second-order valence-corrected chi connectivity index (χ2v) is 7.74. The molecule has 0 aliphatic heterocycles. The lowest BCUT2D eigenvalue weighted by Crippen LogP contribution is -2.26. The van der Waals surface area contributed by atoms with Gasteiger partial charge in [-0.1, -0.05) is 0 Å². The van der Waals surface area contributed by atoms with Crippen molar-refractivity contribution in [2.75, 3.05) is 19.5 Å². The van der Waals surface area contributed by atoms with Crippen molar-refractivity contribution in [3.63, 3.8) is 0 Å². The fourth-order valence-electron chi connectivity index (χ4n) is 2.86. The van der Waals surface area contributed by atoms with Gasteiger partial charge in [0.15, 0.2) is 0 Å². The quantitative estimate of drug-likeness (QED) is 0.754. The molecule has 1 unspecified atom stereocenters. The highest BCUT2D eigenvalue weighted by Crippen LogP contribution is 2.33. The zero-order chi connectivity index (χ0) is 19.6. The van der Waals surface area contributed by atoms with Gasteiger partial charge in [0.1, 0.15) is 11.5 Å². The number of hydrogen-bond donors (Lipinski definition) is 2. The molecule has 1 heterocycles. The van der Waals surface area contributed by atoms with Crippen molar-refractivity contribution in [3.8, 4) is 11.5 Å². The normalized spacial score (nSPS) is 14.4. The first kappa shape index (κ1) is 19.2. The van der Waals surface area contributed by atoms with Gasteiger partial charge in [-0.15, -0.1) is 11.3 Å². The van der Waals surface area contributed by atoms with E-state index >= 15 is 0 Å². The van der Waals surface area contributed by atoms with Gasteiger partial charge in [-0.05, 0) is 56.5 Å². The fourth-order valence-corrected chi connectivity index (χ4v) is 3.83. The predicted octanol–water partition coefficient (Wildman–Crippen LogP) is 3.91. The van der Waals surface area contributed by atoms with E-state index in [1.54, 1.807) is 14.2 Å². The Hall–Kier alpha value is -2.54. The Morgan fingerprint density at radius 1 is 1.19 bits per heavy atom. The van der Waals surface area contributed by atoms with Crippen molar-refractivity contribution in [1.29, 1.82) is 0 Å². The summed E-state index contributed by atoms with van der Waals surface area (Å²) < 4.78 is 10.7. The maximum atomic E-state index is 12.8. The molecule has 0 saturated heterocycles. The lowest BCUT2D eigenvalue weighted by Gasteiger charge is -2.18. The molecule has 1 aliphatic rings. The van der Waals surface area contributed by atoms with Crippen LogP contribution in [-0.2, 0) is 4.79 Å².